The Kier molecular flexibility index (Phi) is 4.97. The van der Waals surface area contributed by atoms with Crippen LogP contribution in [0.15, 0.2) is 21.9 Å². The number of hydrogen-bond acceptors (Lipinski definition) is 5. The van der Waals surface area contributed by atoms with Crippen LogP contribution in [0.2, 0.25) is 0 Å². The number of carbonyl (C=O) groups excluding carboxylic acids is 1. The Morgan fingerprint density at radius 2 is 2.14 bits per heavy atom. The fraction of sp³-hybridized carbons (Fsp3) is 0.400. The van der Waals surface area contributed by atoms with E-state index in [9.17, 15) is 9.59 Å². The number of aliphatic carboxylic acids is 1. The summed E-state index contributed by atoms with van der Waals surface area (Å²) in [5, 5.41) is 14.1. The number of hydrogen-bond donors (Lipinski definition) is 2. The molecule has 0 aliphatic carbocycles. The molecule has 0 aromatic carbocycles. The number of amides is 1. The molecule has 6 nitrogen and oxygen atoms in total. The first kappa shape index (κ1) is 16.2. The number of carboxylic acids is 1. The fourth-order valence-corrected chi connectivity index (χ4v) is 2.73. The van der Waals surface area contributed by atoms with Crippen LogP contribution in [0.5, 0.6) is 0 Å². The molecule has 0 spiro atoms. The molecule has 2 aromatic rings. The highest BCUT2D eigenvalue weighted by Crippen LogP contribution is 2.25. The SMILES string of the molecule is Cc1ccc(-c2nc(CC(=O)NC(C(=O)O)C(C)C)cs2)o1. The van der Waals surface area contributed by atoms with Crippen LogP contribution in [0, 0.1) is 12.8 Å². The number of rotatable bonds is 6. The molecule has 0 aliphatic heterocycles. The van der Waals surface area contributed by atoms with Crippen molar-refractivity contribution in [2.45, 2.75) is 33.2 Å². The standard InChI is InChI=1S/C15H18N2O4S/c1-8(2)13(15(19)20)17-12(18)6-10-7-22-14(16-10)11-5-4-9(3)21-11/h4-5,7-8,13H,6H2,1-3H3,(H,17,18)(H,19,20). The van der Waals surface area contributed by atoms with E-state index < -0.39 is 12.0 Å². The van der Waals surface area contributed by atoms with Gasteiger partial charge in [-0.2, -0.15) is 0 Å². The van der Waals surface area contributed by atoms with Gasteiger partial charge in [-0.3, -0.25) is 4.79 Å². The van der Waals surface area contributed by atoms with E-state index in [0.29, 0.717) is 16.5 Å². The molecule has 1 unspecified atom stereocenters. The molecule has 1 amide bonds. The van der Waals surface area contributed by atoms with Crippen LogP contribution in [0.25, 0.3) is 10.8 Å². The summed E-state index contributed by atoms with van der Waals surface area (Å²) in [5.41, 5.74) is 0.597. The molecule has 2 aromatic heterocycles. The predicted octanol–water partition coefficient (Wildman–Crippen LogP) is 2.48. The van der Waals surface area contributed by atoms with Gasteiger partial charge in [-0.1, -0.05) is 13.8 Å². The van der Waals surface area contributed by atoms with Crippen molar-refractivity contribution < 1.29 is 19.1 Å². The van der Waals surface area contributed by atoms with Gasteiger partial charge in [0.15, 0.2) is 10.8 Å². The maximum Gasteiger partial charge on any atom is 0.326 e. The second-order valence-electron chi connectivity index (χ2n) is 5.36. The van der Waals surface area contributed by atoms with Gasteiger partial charge in [0.25, 0.3) is 0 Å². The van der Waals surface area contributed by atoms with Gasteiger partial charge in [0.1, 0.15) is 11.8 Å². The molecular formula is C15H18N2O4S. The van der Waals surface area contributed by atoms with Gasteiger partial charge in [0, 0.05) is 5.38 Å². The Morgan fingerprint density at radius 1 is 1.41 bits per heavy atom. The maximum absolute atomic E-state index is 11.9. The summed E-state index contributed by atoms with van der Waals surface area (Å²) in [6.07, 6.45) is 0.0483. The molecule has 22 heavy (non-hydrogen) atoms. The van der Waals surface area contributed by atoms with Gasteiger partial charge >= 0.3 is 5.97 Å². The number of thiazole rings is 1. The number of nitrogens with one attached hydrogen (secondary N) is 1. The van der Waals surface area contributed by atoms with Crippen LogP contribution in [-0.2, 0) is 16.0 Å². The molecule has 1 atom stereocenters. The largest absolute Gasteiger partial charge is 0.480 e. The van der Waals surface area contributed by atoms with Crippen LogP contribution in [-0.4, -0.2) is 28.0 Å². The lowest BCUT2D eigenvalue weighted by molar-refractivity contribution is -0.143. The summed E-state index contributed by atoms with van der Waals surface area (Å²) in [6, 6.07) is 2.79. The van der Waals surface area contributed by atoms with E-state index >= 15 is 0 Å². The monoisotopic (exact) mass is 322 g/mol. The average molecular weight is 322 g/mol. The summed E-state index contributed by atoms with van der Waals surface area (Å²) in [5.74, 6) is -0.106. The second-order valence-corrected chi connectivity index (χ2v) is 6.22. The first-order chi connectivity index (χ1) is 10.4. The first-order valence-electron chi connectivity index (χ1n) is 6.90. The molecule has 0 saturated heterocycles. The quantitative estimate of drug-likeness (QED) is 0.852. The van der Waals surface area contributed by atoms with Gasteiger partial charge in [0.05, 0.1) is 12.1 Å². The van der Waals surface area contributed by atoms with Crippen molar-refractivity contribution in [3.63, 3.8) is 0 Å². The number of nitrogens with zero attached hydrogens (tertiary/aromatic N) is 1. The molecule has 2 rings (SSSR count). The third-order valence-electron chi connectivity index (χ3n) is 3.09. The van der Waals surface area contributed by atoms with Crippen molar-refractivity contribution in [2.75, 3.05) is 0 Å². The minimum atomic E-state index is -1.03. The topological polar surface area (TPSA) is 92.4 Å². The highest BCUT2D eigenvalue weighted by Gasteiger charge is 2.23. The lowest BCUT2D eigenvalue weighted by Crippen LogP contribution is -2.44. The van der Waals surface area contributed by atoms with Gasteiger partial charge in [-0.25, -0.2) is 9.78 Å². The molecule has 0 radical (unpaired) electrons. The molecule has 0 saturated carbocycles. The lowest BCUT2D eigenvalue weighted by atomic mass is 10.0. The fourth-order valence-electron chi connectivity index (χ4n) is 1.95. The molecule has 2 heterocycles. The van der Waals surface area contributed by atoms with E-state index in [1.54, 1.807) is 19.2 Å². The van der Waals surface area contributed by atoms with E-state index in [1.165, 1.54) is 11.3 Å². The van der Waals surface area contributed by atoms with Crippen LogP contribution in [0.1, 0.15) is 25.3 Å². The van der Waals surface area contributed by atoms with Gasteiger partial charge in [-0.15, -0.1) is 11.3 Å². The normalized spacial score (nSPS) is 12.4. The van der Waals surface area contributed by atoms with Crippen molar-refractivity contribution in [2.24, 2.45) is 5.92 Å². The second kappa shape index (κ2) is 6.74. The molecule has 2 N–H and O–H groups in total. The molecule has 0 aliphatic rings. The molecule has 0 fully saturated rings. The van der Waals surface area contributed by atoms with Gasteiger partial charge in [-0.05, 0) is 25.0 Å². The van der Waals surface area contributed by atoms with Crippen molar-refractivity contribution >= 4 is 23.2 Å². The molecule has 118 valence electrons. The lowest BCUT2D eigenvalue weighted by Gasteiger charge is -2.17. The Bertz CT molecular complexity index is 675. The molecular weight excluding hydrogens is 304 g/mol. The first-order valence-corrected chi connectivity index (χ1v) is 7.78. The number of aromatic nitrogens is 1. The van der Waals surface area contributed by atoms with Gasteiger partial charge < -0.3 is 14.8 Å². The zero-order chi connectivity index (χ0) is 16.3. The van der Waals surface area contributed by atoms with Crippen LogP contribution >= 0.6 is 11.3 Å². The third kappa shape index (κ3) is 3.94. The van der Waals surface area contributed by atoms with Crippen LogP contribution < -0.4 is 5.32 Å². The Hall–Kier alpha value is -2.15. The van der Waals surface area contributed by atoms with Crippen molar-refractivity contribution in [3.05, 3.63) is 29.0 Å². The van der Waals surface area contributed by atoms with E-state index in [2.05, 4.69) is 10.3 Å². The third-order valence-corrected chi connectivity index (χ3v) is 4.00. The minimum absolute atomic E-state index is 0.0483. The van der Waals surface area contributed by atoms with E-state index in [1.807, 2.05) is 19.1 Å². The maximum atomic E-state index is 11.9. The smallest absolute Gasteiger partial charge is 0.326 e. The van der Waals surface area contributed by atoms with Crippen molar-refractivity contribution in [1.82, 2.24) is 10.3 Å². The molecule has 7 heteroatoms. The zero-order valence-corrected chi connectivity index (χ0v) is 13.4. The van der Waals surface area contributed by atoms with Crippen LogP contribution in [0.3, 0.4) is 0 Å². The summed E-state index contributed by atoms with van der Waals surface area (Å²) in [7, 11) is 0. The highest BCUT2D eigenvalue weighted by atomic mass is 32.1. The Morgan fingerprint density at radius 3 is 2.68 bits per heavy atom. The minimum Gasteiger partial charge on any atom is -0.480 e. The number of carbonyl (C=O) groups is 2. The Balaban J connectivity index is 2.00. The summed E-state index contributed by atoms with van der Waals surface area (Å²) in [6.45, 7) is 5.35. The van der Waals surface area contributed by atoms with Gasteiger partial charge in [0.2, 0.25) is 5.91 Å². The number of aryl methyl sites for hydroxylation is 1. The Labute approximate surface area is 132 Å². The number of furan rings is 1. The molecule has 0 bridgehead atoms. The van der Waals surface area contributed by atoms with Crippen molar-refractivity contribution in [1.29, 1.82) is 0 Å². The van der Waals surface area contributed by atoms with E-state index in [0.717, 1.165) is 5.76 Å². The average Bonchev–Trinajstić information content (AvgIpc) is 3.04. The van der Waals surface area contributed by atoms with E-state index in [-0.39, 0.29) is 18.2 Å². The van der Waals surface area contributed by atoms with Crippen molar-refractivity contribution in [3.8, 4) is 10.8 Å². The van der Waals surface area contributed by atoms with Crippen LogP contribution in [0.4, 0.5) is 0 Å². The number of carboxylic acid groups (broad SMARTS) is 1. The highest BCUT2D eigenvalue weighted by molar-refractivity contribution is 7.13. The zero-order valence-electron chi connectivity index (χ0n) is 12.6. The summed E-state index contributed by atoms with van der Waals surface area (Å²) in [4.78, 5) is 27.4. The summed E-state index contributed by atoms with van der Waals surface area (Å²) >= 11 is 1.39. The van der Waals surface area contributed by atoms with E-state index in [4.69, 9.17) is 9.52 Å². The summed E-state index contributed by atoms with van der Waals surface area (Å²) < 4.78 is 5.48. The predicted molar refractivity (Wildman–Crippen MR) is 82.7 cm³/mol.